The van der Waals surface area contributed by atoms with Crippen molar-refractivity contribution >= 4 is 12.0 Å². The first-order chi connectivity index (χ1) is 8.48. The van der Waals surface area contributed by atoms with Gasteiger partial charge < -0.3 is 5.11 Å². The number of aliphatic carboxylic acids is 1. The van der Waals surface area contributed by atoms with E-state index in [0.717, 1.165) is 5.56 Å². The van der Waals surface area contributed by atoms with E-state index in [-0.39, 0.29) is 11.3 Å². The van der Waals surface area contributed by atoms with E-state index in [1.165, 1.54) is 0 Å². The number of carboxylic acid groups (broad SMARTS) is 1. The molecule has 18 heavy (non-hydrogen) atoms. The van der Waals surface area contributed by atoms with Crippen molar-refractivity contribution in [3.63, 3.8) is 0 Å². The maximum atomic E-state index is 11.1. The minimum atomic E-state index is -0.820. The molecule has 0 spiro atoms. The minimum Gasteiger partial charge on any atom is -0.481 e. The molecular weight excluding hydrogens is 226 g/mol. The number of nitrogens with zero attached hydrogens (tertiary/aromatic N) is 1. The Bertz CT molecular complexity index is 537. The Balaban J connectivity index is 2.30. The number of hydrogen-bond acceptors (Lipinski definition) is 2. The number of hydrogen-bond donors (Lipinski definition) is 1. The van der Waals surface area contributed by atoms with E-state index >= 15 is 0 Å². The fourth-order valence-electron chi connectivity index (χ4n) is 2.60. The van der Waals surface area contributed by atoms with Gasteiger partial charge in [0.2, 0.25) is 0 Å². The van der Waals surface area contributed by atoms with E-state index in [2.05, 4.69) is 6.07 Å². The fourth-order valence-corrected chi connectivity index (χ4v) is 2.60. The average molecular weight is 241 g/mol. The second-order valence-electron chi connectivity index (χ2n) is 5.24. The van der Waals surface area contributed by atoms with Crippen LogP contribution >= 0.6 is 0 Å². The van der Waals surface area contributed by atoms with Crippen LogP contribution in [0, 0.1) is 28.6 Å². The molecule has 2 atom stereocenters. The highest BCUT2D eigenvalue weighted by molar-refractivity contribution is 5.78. The van der Waals surface area contributed by atoms with E-state index in [4.69, 9.17) is 5.11 Å². The quantitative estimate of drug-likeness (QED) is 0.827. The van der Waals surface area contributed by atoms with Crippen molar-refractivity contribution in [2.75, 3.05) is 0 Å². The van der Waals surface area contributed by atoms with Gasteiger partial charge in [-0.05, 0) is 17.1 Å². The summed E-state index contributed by atoms with van der Waals surface area (Å²) in [5.41, 5.74) is 1.15. The monoisotopic (exact) mass is 241 g/mol. The zero-order valence-corrected chi connectivity index (χ0v) is 10.4. The third-order valence-corrected chi connectivity index (χ3v) is 3.68. The Morgan fingerprint density at radius 1 is 1.33 bits per heavy atom. The van der Waals surface area contributed by atoms with Crippen LogP contribution in [0.5, 0.6) is 0 Å². The average Bonchev–Trinajstić information content (AvgIpc) is 2.90. The summed E-state index contributed by atoms with van der Waals surface area (Å²) in [6.45, 7) is 3.79. The van der Waals surface area contributed by atoms with Crippen LogP contribution in [0.15, 0.2) is 35.9 Å². The number of carbonyl (C=O) groups is 1. The summed E-state index contributed by atoms with van der Waals surface area (Å²) in [5.74, 6) is -1.45. The summed E-state index contributed by atoms with van der Waals surface area (Å²) < 4.78 is 0. The normalized spacial score (nSPS) is 25.3. The van der Waals surface area contributed by atoms with Crippen LogP contribution < -0.4 is 0 Å². The molecule has 2 rings (SSSR count). The van der Waals surface area contributed by atoms with Crippen molar-refractivity contribution in [3.05, 3.63) is 41.5 Å². The molecule has 1 fully saturated rings. The lowest BCUT2D eigenvalue weighted by Gasteiger charge is -2.00. The van der Waals surface area contributed by atoms with Crippen molar-refractivity contribution in [1.29, 1.82) is 5.26 Å². The SMILES string of the molecule is CC1(C)[C@H](C(=O)O)[C@H]1/C(C#N)=C/c1ccccc1. The van der Waals surface area contributed by atoms with Crippen LogP contribution in [0.3, 0.4) is 0 Å². The number of nitriles is 1. The molecule has 92 valence electrons. The van der Waals surface area contributed by atoms with E-state index in [1.807, 2.05) is 44.2 Å². The van der Waals surface area contributed by atoms with Gasteiger partial charge in [-0.1, -0.05) is 44.2 Å². The number of carboxylic acids is 1. The molecule has 0 heterocycles. The van der Waals surface area contributed by atoms with Gasteiger partial charge in [-0.3, -0.25) is 4.79 Å². The Morgan fingerprint density at radius 2 is 1.94 bits per heavy atom. The zero-order chi connectivity index (χ0) is 13.3. The molecule has 1 aromatic carbocycles. The first-order valence-electron chi connectivity index (χ1n) is 5.88. The van der Waals surface area contributed by atoms with Gasteiger partial charge in [0.25, 0.3) is 0 Å². The van der Waals surface area contributed by atoms with Crippen molar-refractivity contribution < 1.29 is 9.90 Å². The van der Waals surface area contributed by atoms with Gasteiger partial charge in [-0.15, -0.1) is 0 Å². The zero-order valence-electron chi connectivity index (χ0n) is 10.4. The largest absolute Gasteiger partial charge is 0.481 e. The molecule has 1 saturated carbocycles. The molecule has 1 aromatic rings. The highest BCUT2D eigenvalue weighted by Gasteiger charge is 2.63. The van der Waals surface area contributed by atoms with Gasteiger partial charge in [-0.2, -0.15) is 5.26 Å². The van der Waals surface area contributed by atoms with Crippen molar-refractivity contribution in [2.24, 2.45) is 17.3 Å². The fraction of sp³-hybridized carbons (Fsp3) is 0.333. The maximum Gasteiger partial charge on any atom is 0.307 e. The Morgan fingerprint density at radius 3 is 2.39 bits per heavy atom. The molecule has 0 radical (unpaired) electrons. The summed E-state index contributed by atoms with van der Waals surface area (Å²) in [5, 5.41) is 18.4. The lowest BCUT2D eigenvalue weighted by molar-refractivity contribution is -0.139. The lowest BCUT2D eigenvalue weighted by atomic mass is 10.0. The minimum absolute atomic E-state index is 0.180. The van der Waals surface area contributed by atoms with E-state index in [1.54, 1.807) is 6.08 Å². The van der Waals surface area contributed by atoms with Crippen LogP contribution in [0.4, 0.5) is 0 Å². The summed E-state index contributed by atoms with van der Waals surface area (Å²) in [4.78, 5) is 11.1. The van der Waals surface area contributed by atoms with Gasteiger partial charge in [-0.25, -0.2) is 0 Å². The first-order valence-corrected chi connectivity index (χ1v) is 5.88. The number of rotatable bonds is 3. The summed E-state index contributed by atoms with van der Waals surface area (Å²) in [6, 6.07) is 11.7. The van der Waals surface area contributed by atoms with E-state index in [0.29, 0.717) is 5.57 Å². The van der Waals surface area contributed by atoms with Crippen molar-refractivity contribution in [3.8, 4) is 6.07 Å². The predicted octanol–water partition coefficient (Wildman–Crippen LogP) is 2.95. The summed E-state index contributed by atoms with van der Waals surface area (Å²) in [7, 11) is 0. The molecule has 1 N–H and O–H groups in total. The smallest absolute Gasteiger partial charge is 0.307 e. The standard InChI is InChI=1S/C15H15NO2/c1-15(2)12(13(15)14(17)18)11(9-16)8-10-6-4-3-5-7-10/h3-8,12-13H,1-2H3,(H,17,18)/b11-8+/t12-,13+/m1/s1. The molecular formula is C15H15NO2. The van der Waals surface area contributed by atoms with Crippen LogP contribution in [0.25, 0.3) is 6.08 Å². The molecule has 0 unspecified atom stereocenters. The predicted molar refractivity (Wildman–Crippen MR) is 68.4 cm³/mol. The van der Waals surface area contributed by atoms with Crippen LogP contribution in [-0.4, -0.2) is 11.1 Å². The third-order valence-electron chi connectivity index (χ3n) is 3.68. The summed E-state index contributed by atoms with van der Waals surface area (Å²) >= 11 is 0. The van der Waals surface area contributed by atoms with Gasteiger partial charge >= 0.3 is 5.97 Å². The molecule has 0 amide bonds. The highest BCUT2D eigenvalue weighted by atomic mass is 16.4. The lowest BCUT2D eigenvalue weighted by Crippen LogP contribution is -2.03. The second-order valence-corrected chi connectivity index (χ2v) is 5.24. The Labute approximate surface area is 106 Å². The first kappa shape index (κ1) is 12.4. The molecule has 0 aliphatic heterocycles. The maximum absolute atomic E-state index is 11.1. The van der Waals surface area contributed by atoms with Gasteiger partial charge in [0.15, 0.2) is 0 Å². The highest BCUT2D eigenvalue weighted by Crippen LogP contribution is 2.61. The topological polar surface area (TPSA) is 61.1 Å². The molecule has 3 heteroatoms. The van der Waals surface area contributed by atoms with Crippen molar-refractivity contribution in [2.45, 2.75) is 13.8 Å². The van der Waals surface area contributed by atoms with Crippen molar-refractivity contribution in [1.82, 2.24) is 0 Å². The van der Waals surface area contributed by atoms with Gasteiger partial charge in [0.1, 0.15) is 0 Å². The van der Waals surface area contributed by atoms with Crippen LogP contribution in [0.1, 0.15) is 19.4 Å². The molecule has 1 aliphatic carbocycles. The Hall–Kier alpha value is -2.08. The van der Waals surface area contributed by atoms with Crippen LogP contribution in [-0.2, 0) is 4.79 Å². The molecule has 0 bridgehead atoms. The summed E-state index contributed by atoms with van der Waals surface area (Å²) in [6.07, 6.45) is 1.79. The Kier molecular flexibility index (Phi) is 2.96. The van der Waals surface area contributed by atoms with E-state index in [9.17, 15) is 10.1 Å². The van der Waals surface area contributed by atoms with Gasteiger partial charge in [0, 0.05) is 11.5 Å². The molecule has 1 aliphatic rings. The van der Waals surface area contributed by atoms with E-state index < -0.39 is 11.9 Å². The molecule has 0 saturated heterocycles. The second kappa shape index (κ2) is 4.30. The number of benzene rings is 1. The third kappa shape index (κ3) is 2.02. The van der Waals surface area contributed by atoms with Gasteiger partial charge in [0.05, 0.1) is 12.0 Å². The van der Waals surface area contributed by atoms with Crippen LogP contribution in [0.2, 0.25) is 0 Å². The number of allylic oxidation sites excluding steroid dienone is 1. The molecule has 0 aromatic heterocycles. The molecule has 3 nitrogen and oxygen atoms in total.